The van der Waals surface area contributed by atoms with Crippen LogP contribution < -0.4 is 5.56 Å². The van der Waals surface area contributed by atoms with Gasteiger partial charge >= 0.3 is 6.01 Å². The van der Waals surface area contributed by atoms with Crippen molar-refractivity contribution in [2.45, 2.75) is 25.7 Å². The number of aromatic amines is 1. The second-order valence-corrected chi connectivity index (χ2v) is 7.63. The van der Waals surface area contributed by atoms with Crippen LogP contribution >= 0.6 is 0 Å². The van der Waals surface area contributed by atoms with Gasteiger partial charge in [0.1, 0.15) is 5.52 Å². The Bertz CT molecular complexity index is 1320. The van der Waals surface area contributed by atoms with Gasteiger partial charge in [-0.1, -0.05) is 42.5 Å². The Labute approximate surface area is 177 Å². The molecule has 0 unspecified atom stereocenters. The first-order valence-electron chi connectivity index (χ1n) is 10.1. The number of carbonyl (C=O) groups is 2. The molecule has 1 saturated heterocycles. The van der Waals surface area contributed by atoms with Crippen molar-refractivity contribution in [3.63, 3.8) is 0 Å². The number of carbonyl (C=O) groups excluding carboxylic acids is 2. The molecule has 5 rings (SSSR count). The number of aromatic nitrogens is 3. The van der Waals surface area contributed by atoms with E-state index in [1.54, 1.807) is 19.1 Å². The quantitative estimate of drug-likeness (QED) is 0.504. The summed E-state index contributed by atoms with van der Waals surface area (Å²) in [5.74, 6) is -1.41. The SMILES string of the molecule is Cc1[nH]n(-c2nc3ccccc3o2)c(=O)c1[C@@H]1CC(=O)N(CCc2ccccc2)C1=O. The summed E-state index contributed by atoms with van der Waals surface area (Å²) in [6.07, 6.45) is 0.555. The van der Waals surface area contributed by atoms with Gasteiger partial charge in [-0.3, -0.25) is 24.4 Å². The van der Waals surface area contributed by atoms with Crippen LogP contribution in [0.25, 0.3) is 17.1 Å². The number of fused-ring (bicyclic) bond motifs is 1. The Morgan fingerprint density at radius 2 is 1.81 bits per heavy atom. The van der Waals surface area contributed by atoms with E-state index in [-0.39, 0.29) is 29.8 Å². The Kier molecular flexibility index (Phi) is 4.54. The summed E-state index contributed by atoms with van der Waals surface area (Å²) in [6.45, 7) is 2.00. The van der Waals surface area contributed by atoms with Gasteiger partial charge in [0.2, 0.25) is 11.8 Å². The first kappa shape index (κ1) is 19.0. The molecule has 4 aromatic rings. The van der Waals surface area contributed by atoms with Crippen LogP contribution in [0.3, 0.4) is 0 Å². The zero-order chi connectivity index (χ0) is 21.5. The zero-order valence-electron chi connectivity index (χ0n) is 16.9. The van der Waals surface area contributed by atoms with Gasteiger partial charge in [-0.2, -0.15) is 9.67 Å². The molecule has 156 valence electrons. The molecule has 1 aliphatic heterocycles. The van der Waals surface area contributed by atoms with Gasteiger partial charge in [-0.25, -0.2) is 0 Å². The number of rotatable bonds is 5. The molecule has 1 aliphatic rings. The normalized spacial score (nSPS) is 16.5. The van der Waals surface area contributed by atoms with Crippen LogP contribution in [0.15, 0.2) is 63.8 Å². The van der Waals surface area contributed by atoms with Crippen LogP contribution in [0.2, 0.25) is 0 Å². The van der Waals surface area contributed by atoms with Crippen molar-refractivity contribution in [2.24, 2.45) is 0 Å². The van der Waals surface area contributed by atoms with E-state index in [0.717, 1.165) is 5.56 Å². The molecular formula is C23H20N4O4. The fourth-order valence-corrected chi connectivity index (χ4v) is 4.09. The summed E-state index contributed by atoms with van der Waals surface area (Å²) >= 11 is 0. The number of hydrogen-bond donors (Lipinski definition) is 1. The molecular weight excluding hydrogens is 396 g/mol. The highest BCUT2D eigenvalue weighted by atomic mass is 16.4. The first-order valence-corrected chi connectivity index (χ1v) is 10.1. The molecule has 0 saturated carbocycles. The minimum absolute atomic E-state index is 0.0187. The molecule has 31 heavy (non-hydrogen) atoms. The first-order chi connectivity index (χ1) is 15.0. The second-order valence-electron chi connectivity index (χ2n) is 7.63. The number of aryl methyl sites for hydroxylation is 1. The number of benzene rings is 2. The van der Waals surface area contributed by atoms with Gasteiger partial charge in [-0.15, -0.1) is 0 Å². The molecule has 0 spiro atoms. The van der Waals surface area contributed by atoms with Crippen LogP contribution in [0.5, 0.6) is 0 Å². The number of imide groups is 1. The molecule has 3 heterocycles. The molecule has 2 aromatic heterocycles. The number of amides is 2. The predicted molar refractivity (Wildman–Crippen MR) is 113 cm³/mol. The molecule has 8 nitrogen and oxygen atoms in total. The Morgan fingerprint density at radius 1 is 1.06 bits per heavy atom. The number of likely N-dealkylation sites (tertiary alicyclic amines) is 1. The van der Waals surface area contributed by atoms with E-state index in [0.29, 0.717) is 29.8 Å². The van der Waals surface area contributed by atoms with Crippen molar-refractivity contribution in [3.8, 4) is 6.01 Å². The minimum Gasteiger partial charge on any atom is -0.422 e. The standard InChI is InChI=1S/C23H20N4O4/c1-14-20(22(30)27(25-14)23-24-17-9-5-6-10-18(17)31-23)16-13-19(28)26(21(16)29)12-11-15-7-3-2-4-8-15/h2-10,16,25H,11-13H2,1H3/t16-/m0/s1. The predicted octanol–water partition coefficient (Wildman–Crippen LogP) is 2.70. The lowest BCUT2D eigenvalue weighted by atomic mass is 9.98. The van der Waals surface area contributed by atoms with E-state index in [4.69, 9.17) is 4.42 Å². The number of hydrogen-bond acceptors (Lipinski definition) is 5. The average Bonchev–Trinajstić information content (AvgIpc) is 3.41. The van der Waals surface area contributed by atoms with E-state index < -0.39 is 11.5 Å². The zero-order valence-corrected chi connectivity index (χ0v) is 16.9. The highest BCUT2D eigenvalue weighted by Gasteiger charge is 2.42. The molecule has 8 heteroatoms. The molecule has 0 radical (unpaired) electrons. The van der Waals surface area contributed by atoms with Gasteiger partial charge in [0.05, 0.1) is 11.5 Å². The summed E-state index contributed by atoms with van der Waals surface area (Å²) in [5.41, 5.74) is 2.59. The van der Waals surface area contributed by atoms with E-state index in [2.05, 4.69) is 10.1 Å². The lowest BCUT2D eigenvalue weighted by Gasteiger charge is -2.14. The summed E-state index contributed by atoms with van der Waals surface area (Å²) < 4.78 is 6.87. The summed E-state index contributed by atoms with van der Waals surface area (Å²) in [6, 6.07) is 17.0. The highest BCUT2D eigenvalue weighted by molar-refractivity contribution is 6.06. The third-order valence-electron chi connectivity index (χ3n) is 5.65. The van der Waals surface area contributed by atoms with Crippen molar-refractivity contribution in [2.75, 3.05) is 6.54 Å². The summed E-state index contributed by atoms with van der Waals surface area (Å²) in [5, 5.41) is 2.94. The third kappa shape index (κ3) is 3.26. The van der Waals surface area contributed by atoms with Gasteiger partial charge in [-0.05, 0) is 31.0 Å². The molecule has 0 aliphatic carbocycles. The molecule has 1 fully saturated rings. The van der Waals surface area contributed by atoms with Crippen molar-refractivity contribution in [3.05, 3.63) is 81.8 Å². The van der Waals surface area contributed by atoms with Crippen LogP contribution in [-0.4, -0.2) is 38.0 Å². The third-order valence-corrected chi connectivity index (χ3v) is 5.65. The van der Waals surface area contributed by atoms with Crippen LogP contribution in [-0.2, 0) is 16.0 Å². The fourth-order valence-electron chi connectivity index (χ4n) is 4.09. The van der Waals surface area contributed by atoms with E-state index in [1.807, 2.05) is 42.5 Å². The van der Waals surface area contributed by atoms with Gasteiger partial charge in [0.15, 0.2) is 5.58 Å². The maximum Gasteiger partial charge on any atom is 0.325 e. The van der Waals surface area contributed by atoms with E-state index in [1.165, 1.54) is 9.58 Å². The maximum atomic E-state index is 13.1. The van der Waals surface area contributed by atoms with Gasteiger partial charge in [0, 0.05) is 18.7 Å². The summed E-state index contributed by atoms with van der Waals surface area (Å²) in [4.78, 5) is 44.3. The molecule has 1 atom stereocenters. The van der Waals surface area contributed by atoms with E-state index >= 15 is 0 Å². The highest BCUT2D eigenvalue weighted by Crippen LogP contribution is 2.30. The fraction of sp³-hybridized carbons (Fsp3) is 0.217. The second kappa shape index (κ2) is 7.39. The lowest BCUT2D eigenvalue weighted by molar-refractivity contribution is -0.138. The minimum atomic E-state index is -0.808. The van der Waals surface area contributed by atoms with Crippen LogP contribution in [0, 0.1) is 6.92 Å². The number of nitrogens with zero attached hydrogens (tertiary/aromatic N) is 3. The smallest absolute Gasteiger partial charge is 0.325 e. The molecule has 2 amide bonds. The lowest BCUT2D eigenvalue weighted by Crippen LogP contribution is -2.33. The average molecular weight is 416 g/mol. The number of oxazole rings is 1. The Hall–Kier alpha value is -3.94. The Balaban J connectivity index is 1.43. The molecule has 1 N–H and O–H groups in total. The van der Waals surface area contributed by atoms with Crippen molar-refractivity contribution in [1.29, 1.82) is 0 Å². The monoisotopic (exact) mass is 416 g/mol. The van der Waals surface area contributed by atoms with Crippen molar-refractivity contribution in [1.82, 2.24) is 19.7 Å². The number of para-hydroxylation sites is 2. The van der Waals surface area contributed by atoms with Gasteiger partial charge < -0.3 is 4.42 Å². The van der Waals surface area contributed by atoms with Gasteiger partial charge in [0.25, 0.3) is 5.56 Å². The van der Waals surface area contributed by atoms with Crippen LogP contribution in [0.1, 0.15) is 29.2 Å². The largest absolute Gasteiger partial charge is 0.422 e. The molecule has 2 aromatic carbocycles. The summed E-state index contributed by atoms with van der Waals surface area (Å²) in [7, 11) is 0. The van der Waals surface area contributed by atoms with E-state index in [9.17, 15) is 14.4 Å². The topological polar surface area (TPSA) is 101 Å². The van der Waals surface area contributed by atoms with Crippen LogP contribution in [0.4, 0.5) is 0 Å². The van der Waals surface area contributed by atoms with Crippen molar-refractivity contribution < 1.29 is 14.0 Å². The van der Waals surface area contributed by atoms with Crippen molar-refractivity contribution >= 4 is 22.9 Å². The number of nitrogens with one attached hydrogen (secondary N) is 1. The molecule has 0 bridgehead atoms. The Morgan fingerprint density at radius 3 is 2.58 bits per heavy atom. The number of H-pyrrole nitrogens is 1. The maximum absolute atomic E-state index is 13.1.